The summed E-state index contributed by atoms with van der Waals surface area (Å²) in [6.07, 6.45) is 3.59. The zero-order valence-corrected chi connectivity index (χ0v) is 10.6. The van der Waals surface area contributed by atoms with E-state index in [2.05, 4.69) is 10.3 Å². The van der Waals surface area contributed by atoms with Gasteiger partial charge < -0.3 is 10.1 Å². The van der Waals surface area contributed by atoms with Gasteiger partial charge in [-0.05, 0) is 31.9 Å². The Bertz CT molecular complexity index is 443. The Kier molecular flexibility index (Phi) is 4.34. The molecular formula is C14H18N2O2. The molecular weight excluding hydrogens is 228 g/mol. The Hall–Kier alpha value is -1.84. The van der Waals surface area contributed by atoms with E-state index in [0.29, 0.717) is 12.4 Å². The number of carbonyl (C=O) groups excluding carboxylic acids is 1. The maximum absolute atomic E-state index is 12.1. The highest BCUT2D eigenvalue weighted by molar-refractivity contribution is 6.02. The van der Waals surface area contributed by atoms with Gasteiger partial charge in [-0.3, -0.25) is 9.79 Å². The first-order valence-electron chi connectivity index (χ1n) is 6.34. The minimum Gasteiger partial charge on any atom is -0.492 e. The molecule has 0 spiro atoms. The van der Waals surface area contributed by atoms with Crippen LogP contribution in [0.2, 0.25) is 0 Å². The quantitative estimate of drug-likeness (QED) is 0.887. The molecule has 0 saturated heterocycles. The monoisotopic (exact) mass is 246 g/mol. The van der Waals surface area contributed by atoms with Crippen molar-refractivity contribution in [3.05, 3.63) is 24.3 Å². The molecule has 4 nitrogen and oxygen atoms in total. The largest absolute Gasteiger partial charge is 0.492 e. The number of nitrogens with zero attached hydrogens (tertiary/aromatic N) is 1. The number of carbonyl (C=O) groups is 1. The molecule has 1 amide bonds. The maximum Gasteiger partial charge on any atom is 0.232 e. The molecule has 96 valence electrons. The third-order valence-electron chi connectivity index (χ3n) is 2.87. The zero-order chi connectivity index (χ0) is 12.8. The summed E-state index contributed by atoms with van der Waals surface area (Å²) in [5.41, 5.74) is 0.725. The molecule has 18 heavy (non-hydrogen) atoms. The number of nitrogens with one attached hydrogen (secondary N) is 1. The molecule has 0 aromatic heterocycles. The van der Waals surface area contributed by atoms with Crippen LogP contribution in [0.3, 0.4) is 0 Å². The summed E-state index contributed by atoms with van der Waals surface area (Å²) < 4.78 is 5.48. The summed E-state index contributed by atoms with van der Waals surface area (Å²) in [4.78, 5) is 16.2. The predicted octanol–water partition coefficient (Wildman–Crippen LogP) is 2.50. The fourth-order valence-corrected chi connectivity index (χ4v) is 1.95. The molecule has 2 rings (SSSR count). The lowest BCUT2D eigenvalue weighted by Gasteiger charge is -2.17. The van der Waals surface area contributed by atoms with Crippen molar-refractivity contribution < 1.29 is 9.53 Å². The van der Waals surface area contributed by atoms with Crippen LogP contribution >= 0.6 is 0 Å². The van der Waals surface area contributed by atoms with E-state index in [-0.39, 0.29) is 11.8 Å². The second-order valence-corrected chi connectivity index (χ2v) is 4.22. The van der Waals surface area contributed by atoms with Gasteiger partial charge in [-0.15, -0.1) is 0 Å². The van der Waals surface area contributed by atoms with Crippen LogP contribution in [0, 0.1) is 5.92 Å². The second kappa shape index (κ2) is 6.19. The molecule has 0 saturated carbocycles. The van der Waals surface area contributed by atoms with Crippen molar-refractivity contribution in [3.63, 3.8) is 0 Å². The Labute approximate surface area is 107 Å². The van der Waals surface area contributed by atoms with Crippen LogP contribution in [0.4, 0.5) is 5.69 Å². The molecule has 0 bridgehead atoms. The fraction of sp³-hybridized carbons (Fsp3) is 0.429. The molecule has 0 fully saturated rings. The van der Waals surface area contributed by atoms with E-state index in [1.807, 2.05) is 31.2 Å². The Morgan fingerprint density at radius 1 is 1.50 bits per heavy atom. The molecule has 0 aliphatic carbocycles. The number of aliphatic imine (C=N–C) groups is 1. The van der Waals surface area contributed by atoms with Gasteiger partial charge in [0.1, 0.15) is 5.75 Å². The normalized spacial score (nSPS) is 18.4. The highest BCUT2D eigenvalue weighted by atomic mass is 16.5. The van der Waals surface area contributed by atoms with Crippen LogP contribution in [0.15, 0.2) is 29.3 Å². The van der Waals surface area contributed by atoms with Crippen LogP contribution in [-0.4, -0.2) is 25.3 Å². The molecule has 1 aromatic rings. The minimum absolute atomic E-state index is 0.00870. The fourth-order valence-electron chi connectivity index (χ4n) is 1.95. The molecule has 4 heteroatoms. The number of amides is 1. The molecule has 1 aliphatic rings. The number of ether oxygens (including phenoxy) is 1. The van der Waals surface area contributed by atoms with E-state index >= 15 is 0 Å². The molecule has 1 unspecified atom stereocenters. The van der Waals surface area contributed by atoms with Crippen LogP contribution in [0.25, 0.3) is 0 Å². The molecule has 1 atom stereocenters. The van der Waals surface area contributed by atoms with Crippen molar-refractivity contribution >= 4 is 17.8 Å². The summed E-state index contributed by atoms with van der Waals surface area (Å²) in [5, 5.41) is 2.91. The van der Waals surface area contributed by atoms with Gasteiger partial charge in [0.05, 0.1) is 18.2 Å². The summed E-state index contributed by atoms with van der Waals surface area (Å²) >= 11 is 0. The standard InChI is InChI=1S/C14H18N2O2/c1-2-18-13-8-4-3-7-12(13)16-14(17)11-6-5-9-15-10-11/h3-4,7-8,10-11H,2,5-6,9H2,1H3,(H,16,17). The van der Waals surface area contributed by atoms with E-state index < -0.39 is 0 Å². The first-order chi connectivity index (χ1) is 8.81. The molecule has 1 N–H and O–H groups in total. The van der Waals surface area contributed by atoms with E-state index in [9.17, 15) is 4.79 Å². The van der Waals surface area contributed by atoms with Crippen molar-refractivity contribution in [1.29, 1.82) is 0 Å². The number of hydrogen-bond acceptors (Lipinski definition) is 3. The molecule has 1 heterocycles. The van der Waals surface area contributed by atoms with Crippen molar-refractivity contribution in [3.8, 4) is 5.75 Å². The third-order valence-corrected chi connectivity index (χ3v) is 2.87. The second-order valence-electron chi connectivity index (χ2n) is 4.22. The van der Waals surface area contributed by atoms with E-state index in [1.165, 1.54) is 0 Å². The summed E-state index contributed by atoms with van der Waals surface area (Å²) in [5.74, 6) is 0.583. The Morgan fingerprint density at radius 3 is 3.06 bits per heavy atom. The van der Waals surface area contributed by atoms with Crippen molar-refractivity contribution in [2.24, 2.45) is 10.9 Å². The average Bonchev–Trinajstić information content (AvgIpc) is 2.42. The van der Waals surface area contributed by atoms with Gasteiger partial charge in [-0.2, -0.15) is 0 Å². The number of benzene rings is 1. The highest BCUT2D eigenvalue weighted by Gasteiger charge is 2.19. The maximum atomic E-state index is 12.1. The van der Waals surface area contributed by atoms with Gasteiger partial charge in [0, 0.05) is 12.8 Å². The topological polar surface area (TPSA) is 50.7 Å². The first-order valence-corrected chi connectivity index (χ1v) is 6.34. The van der Waals surface area contributed by atoms with Gasteiger partial charge >= 0.3 is 0 Å². The number of hydrogen-bond donors (Lipinski definition) is 1. The first kappa shape index (κ1) is 12.6. The molecule has 1 aliphatic heterocycles. The van der Waals surface area contributed by atoms with Crippen LogP contribution in [0.1, 0.15) is 19.8 Å². The Morgan fingerprint density at radius 2 is 2.33 bits per heavy atom. The lowest BCUT2D eigenvalue weighted by atomic mass is 10.0. The Balaban J connectivity index is 2.06. The van der Waals surface area contributed by atoms with E-state index in [4.69, 9.17) is 4.74 Å². The predicted molar refractivity (Wildman–Crippen MR) is 72.3 cm³/mol. The van der Waals surface area contributed by atoms with Gasteiger partial charge in [0.25, 0.3) is 0 Å². The summed E-state index contributed by atoms with van der Waals surface area (Å²) in [7, 11) is 0. The number of para-hydroxylation sites is 2. The van der Waals surface area contributed by atoms with Gasteiger partial charge in [-0.25, -0.2) is 0 Å². The lowest BCUT2D eigenvalue weighted by Crippen LogP contribution is -2.26. The van der Waals surface area contributed by atoms with Gasteiger partial charge in [0.15, 0.2) is 0 Å². The SMILES string of the molecule is CCOc1ccccc1NC(=O)C1C=NCCC1. The molecule has 0 radical (unpaired) electrons. The smallest absolute Gasteiger partial charge is 0.232 e. The minimum atomic E-state index is -0.117. The molecule has 1 aromatic carbocycles. The van der Waals surface area contributed by atoms with Gasteiger partial charge in [-0.1, -0.05) is 12.1 Å². The van der Waals surface area contributed by atoms with Crippen LogP contribution < -0.4 is 10.1 Å². The van der Waals surface area contributed by atoms with E-state index in [1.54, 1.807) is 6.21 Å². The van der Waals surface area contributed by atoms with Crippen LogP contribution in [0.5, 0.6) is 5.75 Å². The van der Waals surface area contributed by atoms with Crippen molar-refractivity contribution in [2.45, 2.75) is 19.8 Å². The van der Waals surface area contributed by atoms with Crippen molar-refractivity contribution in [1.82, 2.24) is 0 Å². The third kappa shape index (κ3) is 3.09. The van der Waals surface area contributed by atoms with E-state index in [0.717, 1.165) is 25.1 Å². The average molecular weight is 246 g/mol. The highest BCUT2D eigenvalue weighted by Crippen LogP contribution is 2.24. The van der Waals surface area contributed by atoms with Gasteiger partial charge in [0.2, 0.25) is 5.91 Å². The summed E-state index contributed by atoms with van der Waals surface area (Å²) in [6.45, 7) is 3.34. The number of rotatable bonds is 4. The number of anilines is 1. The van der Waals surface area contributed by atoms with Crippen LogP contribution in [-0.2, 0) is 4.79 Å². The lowest BCUT2D eigenvalue weighted by molar-refractivity contribution is -0.118. The van der Waals surface area contributed by atoms with Crippen molar-refractivity contribution in [2.75, 3.05) is 18.5 Å². The summed E-state index contributed by atoms with van der Waals surface area (Å²) in [6, 6.07) is 7.48. The zero-order valence-electron chi connectivity index (χ0n) is 10.6.